The zero-order chi connectivity index (χ0) is 12.3. The van der Waals surface area contributed by atoms with E-state index in [1.54, 1.807) is 0 Å². The van der Waals surface area contributed by atoms with Gasteiger partial charge in [-0.3, -0.25) is 4.79 Å². The van der Waals surface area contributed by atoms with Gasteiger partial charge in [-0.25, -0.2) is 0 Å². The first kappa shape index (κ1) is 13.3. The van der Waals surface area contributed by atoms with Crippen LogP contribution >= 0.6 is 38.5 Å². The van der Waals surface area contributed by atoms with Crippen LogP contribution in [0.2, 0.25) is 0 Å². The van der Waals surface area contributed by atoms with Crippen LogP contribution in [0.15, 0.2) is 24.3 Å². The molecule has 2 nitrogen and oxygen atoms in total. The van der Waals surface area contributed by atoms with Crippen molar-refractivity contribution in [2.24, 2.45) is 5.92 Å². The van der Waals surface area contributed by atoms with E-state index in [2.05, 4.69) is 38.5 Å². The van der Waals surface area contributed by atoms with E-state index in [9.17, 15) is 4.79 Å². The van der Waals surface area contributed by atoms with Crippen LogP contribution in [0.5, 0.6) is 0 Å². The Hall–Kier alpha value is -0.100. The summed E-state index contributed by atoms with van der Waals surface area (Å²) >= 11 is 5.75. The number of likely N-dealkylation sites (tertiary alicyclic amines) is 1. The summed E-state index contributed by atoms with van der Waals surface area (Å²) in [6, 6.07) is 7.80. The smallest absolute Gasteiger partial charge is 0.254 e. The van der Waals surface area contributed by atoms with Crippen molar-refractivity contribution in [1.82, 2.24) is 4.90 Å². The van der Waals surface area contributed by atoms with Crippen molar-refractivity contribution in [2.75, 3.05) is 18.4 Å². The summed E-state index contributed by atoms with van der Waals surface area (Å²) in [5.41, 5.74) is 0.836. The summed E-state index contributed by atoms with van der Waals surface area (Å²) in [7, 11) is 0. The number of halogens is 2. The molecule has 1 unspecified atom stereocenters. The third kappa shape index (κ3) is 3.22. The number of rotatable bonds is 2. The molecule has 0 N–H and O–H groups in total. The molecular formula is C13H15BrINO. The second-order valence-electron chi connectivity index (χ2n) is 4.39. The quantitative estimate of drug-likeness (QED) is 0.542. The van der Waals surface area contributed by atoms with Crippen LogP contribution in [0.1, 0.15) is 23.2 Å². The number of carbonyl (C=O) groups excluding carboxylic acids is 1. The van der Waals surface area contributed by atoms with Crippen LogP contribution in [-0.2, 0) is 0 Å². The Balaban J connectivity index is 2.12. The first-order valence-electron chi connectivity index (χ1n) is 5.82. The Kier molecular flexibility index (Phi) is 4.85. The lowest BCUT2D eigenvalue weighted by atomic mass is 9.99. The largest absolute Gasteiger partial charge is 0.338 e. The predicted octanol–water partition coefficient (Wildman–Crippen LogP) is 3.54. The molecule has 0 spiro atoms. The summed E-state index contributed by atoms with van der Waals surface area (Å²) in [5, 5.41) is 0.989. The van der Waals surface area contributed by atoms with Gasteiger partial charge in [0.1, 0.15) is 0 Å². The maximum absolute atomic E-state index is 12.4. The van der Waals surface area contributed by atoms with Gasteiger partial charge >= 0.3 is 0 Å². The number of carbonyl (C=O) groups is 1. The Bertz CT molecular complexity index is 410. The molecule has 2 rings (SSSR count). The lowest BCUT2D eigenvalue weighted by Crippen LogP contribution is -2.40. The van der Waals surface area contributed by atoms with Crippen LogP contribution < -0.4 is 0 Å². The van der Waals surface area contributed by atoms with E-state index in [0.29, 0.717) is 5.92 Å². The van der Waals surface area contributed by atoms with Gasteiger partial charge in [-0.05, 0) is 53.5 Å². The van der Waals surface area contributed by atoms with E-state index in [-0.39, 0.29) is 5.91 Å². The molecule has 92 valence electrons. The van der Waals surface area contributed by atoms with Gasteiger partial charge in [-0.2, -0.15) is 0 Å². The Morgan fingerprint density at radius 1 is 1.47 bits per heavy atom. The summed E-state index contributed by atoms with van der Waals surface area (Å²) in [4.78, 5) is 14.4. The lowest BCUT2D eigenvalue weighted by molar-refractivity contribution is 0.0685. The maximum atomic E-state index is 12.4. The second kappa shape index (κ2) is 6.18. The molecule has 1 saturated heterocycles. The van der Waals surface area contributed by atoms with E-state index in [1.165, 1.54) is 6.42 Å². The highest BCUT2D eigenvalue weighted by atomic mass is 127. The summed E-state index contributed by atoms with van der Waals surface area (Å²) in [6.07, 6.45) is 2.34. The van der Waals surface area contributed by atoms with Crippen molar-refractivity contribution in [3.8, 4) is 0 Å². The fourth-order valence-corrected chi connectivity index (χ4v) is 3.33. The molecule has 0 aliphatic carbocycles. The van der Waals surface area contributed by atoms with Crippen LogP contribution in [0.4, 0.5) is 0 Å². The first-order chi connectivity index (χ1) is 8.22. The zero-order valence-electron chi connectivity index (χ0n) is 9.53. The number of hydrogen-bond acceptors (Lipinski definition) is 1. The SMILES string of the molecule is O=C(c1ccccc1I)N1CCCC(CBr)C1. The normalized spacial score (nSPS) is 20.4. The van der Waals surface area contributed by atoms with Gasteiger partial charge in [0.05, 0.1) is 5.56 Å². The second-order valence-corrected chi connectivity index (χ2v) is 6.20. The van der Waals surface area contributed by atoms with Crippen LogP contribution in [0, 0.1) is 9.49 Å². The van der Waals surface area contributed by atoms with E-state index >= 15 is 0 Å². The molecule has 1 aliphatic heterocycles. The molecule has 0 bridgehead atoms. The van der Waals surface area contributed by atoms with Crippen molar-refractivity contribution in [3.05, 3.63) is 33.4 Å². The molecule has 1 aliphatic rings. The molecule has 1 heterocycles. The number of alkyl halides is 1. The lowest BCUT2D eigenvalue weighted by Gasteiger charge is -2.32. The van der Waals surface area contributed by atoms with E-state index < -0.39 is 0 Å². The molecule has 17 heavy (non-hydrogen) atoms. The number of hydrogen-bond donors (Lipinski definition) is 0. The Morgan fingerprint density at radius 3 is 2.94 bits per heavy atom. The molecule has 0 radical (unpaired) electrons. The third-order valence-electron chi connectivity index (χ3n) is 3.13. The highest BCUT2D eigenvalue weighted by Crippen LogP contribution is 2.21. The van der Waals surface area contributed by atoms with Crippen molar-refractivity contribution < 1.29 is 4.79 Å². The molecule has 1 aromatic carbocycles. The average molecular weight is 408 g/mol. The zero-order valence-corrected chi connectivity index (χ0v) is 13.3. The Morgan fingerprint density at radius 2 is 2.24 bits per heavy atom. The number of amides is 1. The van der Waals surface area contributed by atoms with Crippen LogP contribution in [-0.4, -0.2) is 29.2 Å². The van der Waals surface area contributed by atoms with Gasteiger partial charge in [0, 0.05) is 22.0 Å². The minimum absolute atomic E-state index is 0.181. The molecule has 1 fully saturated rings. The topological polar surface area (TPSA) is 20.3 Å². The Labute approximate surface area is 124 Å². The molecule has 1 aromatic rings. The van der Waals surface area contributed by atoms with Crippen molar-refractivity contribution >= 4 is 44.4 Å². The standard InChI is InChI=1S/C13H15BrINO/c14-8-10-4-3-7-16(9-10)13(17)11-5-1-2-6-12(11)15/h1-2,5-6,10H,3-4,7-9H2. The van der Waals surface area contributed by atoms with Gasteiger partial charge < -0.3 is 4.90 Å². The first-order valence-corrected chi connectivity index (χ1v) is 8.02. The molecule has 0 aromatic heterocycles. The fourth-order valence-electron chi connectivity index (χ4n) is 2.18. The minimum atomic E-state index is 0.181. The number of benzene rings is 1. The molecule has 1 amide bonds. The van der Waals surface area contributed by atoms with Gasteiger partial charge in [-0.15, -0.1) is 0 Å². The highest BCUT2D eigenvalue weighted by Gasteiger charge is 2.24. The third-order valence-corrected chi connectivity index (χ3v) is 4.99. The molecule has 0 saturated carbocycles. The number of nitrogens with zero attached hydrogens (tertiary/aromatic N) is 1. The summed E-state index contributed by atoms with van der Waals surface area (Å²) in [6.45, 7) is 1.78. The van der Waals surface area contributed by atoms with Crippen molar-refractivity contribution in [2.45, 2.75) is 12.8 Å². The molecule has 1 atom stereocenters. The van der Waals surface area contributed by atoms with Crippen molar-refractivity contribution in [1.29, 1.82) is 0 Å². The van der Waals surface area contributed by atoms with Crippen LogP contribution in [0.25, 0.3) is 0 Å². The summed E-state index contributed by atoms with van der Waals surface area (Å²) in [5.74, 6) is 0.787. The predicted molar refractivity (Wildman–Crippen MR) is 81.6 cm³/mol. The fraction of sp³-hybridized carbons (Fsp3) is 0.462. The van der Waals surface area contributed by atoms with E-state index in [0.717, 1.165) is 34.0 Å². The monoisotopic (exact) mass is 407 g/mol. The van der Waals surface area contributed by atoms with Crippen molar-refractivity contribution in [3.63, 3.8) is 0 Å². The van der Waals surface area contributed by atoms with E-state index in [4.69, 9.17) is 0 Å². The molecular weight excluding hydrogens is 393 g/mol. The van der Waals surface area contributed by atoms with Gasteiger partial charge in [0.15, 0.2) is 0 Å². The van der Waals surface area contributed by atoms with Gasteiger partial charge in [0.25, 0.3) is 5.91 Å². The summed E-state index contributed by atoms with van der Waals surface area (Å²) < 4.78 is 1.04. The van der Waals surface area contributed by atoms with Gasteiger partial charge in [0.2, 0.25) is 0 Å². The van der Waals surface area contributed by atoms with Gasteiger partial charge in [-0.1, -0.05) is 28.1 Å². The highest BCUT2D eigenvalue weighted by molar-refractivity contribution is 14.1. The molecule has 4 heteroatoms. The van der Waals surface area contributed by atoms with Crippen LogP contribution in [0.3, 0.4) is 0 Å². The average Bonchev–Trinajstić information content (AvgIpc) is 2.38. The maximum Gasteiger partial charge on any atom is 0.254 e. The van der Waals surface area contributed by atoms with E-state index in [1.807, 2.05) is 29.2 Å². The number of piperidine rings is 1. The minimum Gasteiger partial charge on any atom is -0.338 e.